The molecule has 0 N–H and O–H groups in total. The summed E-state index contributed by atoms with van der Waals surface area (Å²) in [6, 6.07) is 0. The van der Waals surface area contributed by atoms with E-state index in [1.165, 1.54) is 57.8 Å². The normalized spacial score (nSPS) is 36.5. The van der Waals surface area contributed by atoms with Crippen molar-refractivity contribution in [1.29, 1.82) is 0 Å². The first kappa shape index (κ1) is 20.2. The fraction of sp³-hybridized carbons (Fsp3) is 1.00. The van der Waals surface area contributed by atoms with Gasteiger partial charge in [0.1, 0.15) is 6.10 Å². The minimum absolute atomic E-state index is 0.0574. The average molecular weight is 341 g/mol. The van der Waals surface area contributed by atoms with Gasteiger partial charge in [0.05, 0.1) is 18.3 Å². The van der Waals surface area contributed by atoms with Gasteiger partial charge in [-0.15, -0.1) is 0 Å². The first-order valence-corrected chi connectivity index (χ1v) is 10.5. The molecule has 2 aliphatic heterocycles. The van der Waals surface area contributed by atoms with Crippen LogP contribution in [0.5, 0.6) is 0 Å². The summed E-state index contributed by atoms with van der Waals surface area (Å²) < 4.78 is 18.8. The lowest BCUT2D eigenvalue weighted by Crippen LogP contribution is -2.34. The third-order valence-electron chi connectivity index (χ3n) is 5.81. The molecule has 3 heteroatoms. The van der Waals surface area contributed by atoms with Crippen molar-refractivity contribution >= 4 is 0 Å². The molecule has 0 aliphatic carbocycles. The molecule has 4 unspecified atom stereocenters. The second-order valence-electron chi connectivity index (χ2n) is 8.37. The zero-order valence-electron chi connectivity index (χ0n) is 16.6. The lowest BCUT2D eigenvalue weighted by molar-refractivity contribution is -0.177. The van der Waals surface area contributed by atoms with E-state index in [0.717, 1.165) is 19.3 Å². The standard InChI is InChI=1S/C21H40O3/c1-5-7-9-11-14-20(3)16-13-18(23-20)19-17-22-21(4,24-19)15-12-10-8-6-2/h18-19H,5-17H2,1-4H3. The van der Waals surface area contributed by atoms with Gasteiger partial charge in [0.25, 0.3) is 0 Å². The molecule has 0 bridgehead atoms. The molecule has 0 amide bonds. The Morgan fingerprint density at radius 3 is 2.12 bits per heavy atom. The highest BCUT2D eigenvalue weighted by Crippen LogP contribution is 2.40. The van der Waals surface area contributed by atoms with Gasteiger partial charge in [-0.25, -0.2) is 0 Å². The van der Waals surface area contributed by atoms with Gasteiger partial charge < -0.3 is 14.2 Å². The van der Waals surface area contributed by atoms with Gasteiger partial charge in [-0.1, -0.05) is 58.8 Å². The van der Waals surface area contributed by atoms with Crippen LogP contribution >= 0.6 is 0 Å². The van der Waals surface area contributed by atoms with E-state index in [9.17, 15) is 0 Å². The second kappa shape index (κ2) is 9.54. The van der Waals surface area contributed by atoms with Crippen LogP contribution in [0, 0.1) is 0 Å². The third kappa shape index (κ3) is 6.00. The summed E-state index contributed by atoms with van der Waals surface area (Å²) in [6.07, 6.45) is 15.1. The molecule has 0 spiro atoms. The molecule has 4 atom stereocenters. The van der Waals surface area contributed by atoms with Crippen LogP contribution in [-0.2, 0) is 14.2 Å². The fourth-order valence-electron chi connectivity index (χ4n) is 4.14. The largest absolute Gasteiger partial charge is 0.369 e. The van der Waals surface area contributed by atoms with Crippen molar-refractivity contribution in [3.8, 4) is 0 Å². The molecule has 2 saturated heterocycles. The van der Waals surface area contributed by atoms with Crippen LogP contribution in [0.3, 0.4) is 0 Å². The SMILES string of the molecule is CCCCCCC1(C)CCC(C2COC(C)(CCCCCC)O2)O1. The van der Waals surface area contributed by atoms with Crippen molar-refractivity contribution in [2.45, 2.75) is 128 Å². The lowest BCUT2D eigenvalue weighted by atomic mass is 9.94. The van der Waals surface area contributed by atoms with Gasteiger partial charge in [0.2, 0.25) is 0 Å². The summed E-state index contributed by atoms with van der Waals surface area (Å²) in [7, 11) is 0. The smallest absolute Gasteiger partial charge is 0.166 e. The molecule has 24 heavy (non-hydrogen) atoms. The average Bonchev–Trinajstić information content (AvgIpc) is 3.13. The van der Waals surface area contributed by atoms with Crippen LogP contribution < -0.4 is 0 Å². The van der Waals surface area contributed by atoms with Crippen LogP contribution in [0.1, 0.15) is 105 Å². The number of rotatable bonds is 11. The Hall–Kier alpha value is -0.120. The van der Waals surface area contributed by atoms with Gasteiger partial charge in [0, 0.05) is 6.42 Å². The summed E-state index contributed by atoms with van der Waals surface area (Å²) in [5, 5.41) is 0. The van der Waals surface area contributed by atoms with Gasteiger partial charge >= 0.3 is 0 Å². The molecule has 0 aromatic rings. The van der Waals surface area contributed by atoms with Gasteiger partial charge in [0.15, 0.2) is 5.79 Å². The monoisotopic (exact) mass is 340 g/mol. The Labute approximate surface area is 149 Å². The number of ether oxygens (including phenoxy) is 3. The quantitative estimate of drug-likeness (QED) is 0.432. The highest BCUT2D eigenvalue weighted by atomic mass is 16.8. The van der Waals surface area contributed by atoms with E-state index >= 15 is 0 Å². The Balaban J connectivity index is 1.71. The molecular weight excluding hydrogens is 300 g/mol. The van der Waals surface area contributed by atoms with Crippen LogP contribution in [0.15, 0.2) is 0 Å². The van der Waals surface area contributed by atoms with E-state index in [0.29, 0.717) is 6.61 Å². The van der Waals surface area contributed by atoms with Crippen molar-refractivity contribution in [3.05, 3.63) is 0 Å². The molecule has 2 aliphatic rings. The maximum absolute atomic E-state index is 6.44. The first-order chi connectivity index (χ1) is 11.5. The van der Waals surface area contributed by atoms with E-state index in [1.807, 2.05) is 0 Å². The van der Waals surface area contributed by atoms with Gasteiger partial charge in [-0.3, -0.25) is 0 Å². The maximum Gasteiger partial charge on any atom is 0.166 e. The van der Waals surface area contributed by atoms with Crippen LogP contribution in [-0.4, -0.2) is 30.2 Å². The summed E-state index contributed by atoms with van der Waals surface area (Å²) in [5.74, 6) is -0.387. The van der Waals surface area contributed by atoms with Crippen molar-refractivity contribution in [2.75, 3.05) is 6.61 Å². The topological polar surface area (TPSA) is 27.7 Å². The zero-order chi connectivity index (χ0) is 17.5. The van der Waals surface area contributed by atoms with Crippen molar-refractivity contribution in [2.24, 2.45) is 0 Å². The summed E-state index contributed by atoms with van der Waals surface area (Å²) >= 11 is 0. The first-order valence-electron chi connectivity index (χ1n) is 10.5. The molecule has 142 valence electrons. The predicted molar refractivity (Wildman–Crippen MR) is 99.3 cm³/mol. The molecule has 0 aromatic heterocycles. The van der Waals surface area contributed by atoms with E-state index in [1.54, 1.807) is 0 Å². The van der Waals surface area contributed by atoms with Gasteiger partial charge in [-0.05, 0) is 39.5 Å². The van der Waals surface area contributed by atoms with E-state index < -0.39 is 0 Å². The second-order valence-corrected chi connectivity index (χ2v) is 8.37. The minimum atomic E-state index is -0.387. The van der Waals surface area contributed by atoms with Crippen molar-refractivity contribution in [1.82, 2.24) is 0 Å². The highest BCUT2D eigenvalue weighted by molar-refractivity contribution is 4.91. The Kier molecular flexibility index (Phi) is 8.03. The summed E-state index contributed by atoms with van der Waals surface area (Å²) in [6.45, 7) is 9.61. The third-order valence-corrected chi connectivity index (χ3v) is 5.81. The van der Waals surface area contributed by atoms with E-state index in [2.05, 4.69) is 27.7 Å². The molecule has 2 fully saturated rings. The van der Waals surface area contributed by atoms with Gasteiger partial charge in [-0.2, -0.15) is 0 Å². The van der Waals surface area contributed by atoms with Crippen molar-refractivity contribution in [3.63, 3.8) is 0 Å². The fourth-order valence-corrected chi connectivity index (χ4v) is 4.14. The molecule has 3 nitrogen and oxygen atoms in total. The molecule has 2 heterocycles. The molecule has 0 saturated carbocycles. The predicted octanol–water partition coefficient (Wildman–Crippen LogP) is 6.00. The lowest BCUT2D eigenvalue weighted by Gasteiger charge is -2.28. The Bertz CT molecular complexity index is 325. The molecule has 0 radical (unpaired) electrons. The Morgan fingerprint density at radius 1 is 0.792 bits per heavy atom. The maximum atomic E-state index is 6.44. The van der Waals surface area contributed by atoms with Crippen LogP contribution in [0.2, 0.25) is 0 Å². The number of hydrogen-bond acceptors (Lipinski definition) is 3. The van der Waals surface area contributed by atoms with Crippen molar-refractivity contribution < 1.29 is 14.2 Å². The molecule has 0 aromatic carbocycles. The van der Waals surface area contributed by atoms with Crippen LogP contribution in [0.4, 0.5) is 0 Å². The van der Waals surface area contributed by atoms with Crippen LogP contribution in [0.25, 0.3) is 0 Å². The van der Waals surface area contributed by atoms with E-state index in [4.69, 9.17) is 14.2 Å². The highest BCUT2D eigenvalue weighted by Gasteiger charge is 2.46. The number of hydrogen-bond donors (Lipinski definition) is 0. The Morgan fingerprint density at radius 2 is 1.46 bits per heavy atom. The number of unbranched alkanes of at least 4 members (excludes halogenated alkanes) is 6. The molecular formula is C21H40O3. The molecule has 2 rings (SSSR count). The van der Waals surface area contributed by atoms with E-state index in [-0.39, 0.29) is 23.6 Å². The summed E-state index contributed by atoms with van der Waals surface area (Å²) in [4.78, 5) is 0. The minimum Gasteiger partial charge on any atom is -0.369 e. The zero-order valence-corrected chi connectivity index (χ0v) is 16.6. The summed E-state index contributed by atoms with van der Waals surface area (Å²) in [5.41, 5.74) is 0.0574.